The highest BCUT2D eigenvalue weighted by atomic mass is 16.5. The van der Waals surface area contributed by atoms with Crippen molar-refractivity contribution in [2.24, 2.45) is 29.1 Å². The third-order valence-corrected chi connectivity index (χ3v) is 6.10. The molecule has 21 heavy (non-hydrogen) atoms. The number of rotatable bonds is 6. The van der Waals surface area contributed by atoms with E-state index in [1.807, 2.05) is 6.92 Å². The van der Waals surface area contributed by atoms with Gasteiger partial charge in [-0.05, 0) is 62.7 Å². The molecule has 0 aromatic rings. The Balaban J connectivity index is 1.57. The average molecular weight is 292 g/mol. The number of Topliss-reactive ketones (excluding diaryl/α,β-unsaturated/α-hetero) is 1. The van der Waals surface area contributed by atoms with Crippen LogP contribution in [0.15, 0.2) is 0 Å². The molecule has 1 atom stereocenters. The highest BCUT2D eigenvalue weighted by molar-refractivity contribution is 5.88. The molecule has 0 saturated heterocycles. The SMILES string of the molecule is CCC[C@H](C)C(=O)OCC(=O)C12CC3CC(CC(C3)C1)C2. The van der Waals surface area contributed by atoms with Crippen LogP contribution in [0.1, 0.15) is 65.2 Å². The molecule has 4 fully saturated rings. The third kappa shape index (κ3) is 2.89. The summed E-state index contributed by atoms with van der Waals surface area (Å²) < 4.78 is 5.32. The van der Waals surface area contributed by atoms with E-state index < -0.39 is 0 Å². The number of esters is 1. The van der Waals surface area contributed by atoms with E-state index >= 15 is 0 Å². The van der Waals surface area contributed by atoms with Crippen molar-refractivity contribution in [2.75, 3.05) is 6.61 Å². The van der Waals surface area contributed by atoms with Crippen molar-refractivity contribution >= 4 is 11.8 Å². The van der Waals surface area contributed by atoms with Crippen molar-refractivity contribution in [2.45, 2.75) is 65.2 Å². The Hall–Kier alpha value is -0.860. The molecule has 0 aromatic heterocycles. The van der Waals surface area contributed by atoms with Gasteiger partial charge in [0.2, 0.25) is 0 Å². The molecular weight excluding hydrogens is 264 g/mol. The first kappa shape index (κ1) is 15.1. The summed E-state index contributed by atoms with van der Waals surface area (Å²) in [6.45, 7) is 3.96. The Morgan fingerprint density at radius 1 is 1.10 bits per heavy atom. The molecule has 0 N–H and O–H groups in total. The Labute approximate surface area is 127 Å². The molecule has 0 radical (unpaired) electrons. The van der Waals surface area contributed by atoms with Gasteiger partial charge in [0, 0.05) is 5.41 Å². The summed E-state index contributed by atoms with van der Waals surface area (Å²) in [4.78, 5) is 24.6. The van der Waals surface area contributed by atoms with Crippen molar-refractivity contribution in [3.63, 3.8) is 0 Å². The number of hydrogen-bond donors (Lipinski definition) is 0. The lowest BCUT2D eigenvalue weighted by Gasteiger charge is -2.55. The lowest BCUT2D eigenvalue weighted by molar-refractivity contribution is -0.160. The largest absolute Gasteiger partial charge is 0.457 e. The normalized spacial score (nSPS) is 38.3. The Morgan fingerprint density at radius 3 is 2.10 bits per heavy atom. The van der Waals surface area contributed by atoms with E-state index in [-0.39, 0.29) is 29.7 Å². The zero-order chi connectivity index (χ0) is 15.0. The molecule has 0 amide bonds. The third-order valence-electron chi connectivity index (χ3n) is 6.10. The minimum absolute atomic E-state index is 0.0129. The van der Waals surface area contributed by atoms with Crippen LogP contribution in [0.4, 0.5) is 0 Å². The maximum Gasteiger partial charge on any atom is 0.309 e. The predicted molar refractivity (Wildman–Crippen MR) is 80.6 cm³/mol. The fraction of sp³-hybridized carbons (Fsp3) is 0.889. The fourth-order valence-corrected chi connectivity index (χ4v) is 5.44. The van der Waals surface area contributed by atoms with Gasteiger partial charge in [0.05, 0.1) is 5.92 Å². The van der Waals surface area contributed by atoms with E-state index in [4.69, 9.17) is 4.74 Å². The van der Waals surface area contributed by atoms with Gasteiger partial charge in [-0.2, -0.15) is 0 Å². The summed E-state index contributed by atoms with van der Waals surface area (Å²) in [6.07, 6.45) is 8.98. The molecule has 0 heterocycles. The molecule has 118 valence electrons. The molecule has 4 bridgehead atoms. The van der Waals surface area contributed by atoms with Crippen LogP contribution in [0.2, 0.25) is 0 Å². The van der Waals surface area contributed by atoms with Crippen LogP contribution in [0.3, 0.4) is 0 Å². The molecule has 4 rings (SSSR count). The first-order valence-electron chi connectivity index (χ1n) is 8.72. The summed E-state index contributed by atoms with van der Waals surface area (Å²) in [5.74, 6) is 2.20. The van der Waals surface area contributed by atoms with Gasteiger partial charge in [-0.25, -0.2) is 0 Å². The lowest BCUT2D eigenvalue weighted by Crippen LogP contribution is -2.51. The van der Waals surface area contributed by atoms with Crippen molar-refractivity contribution in [3.8, 4) is 0 Å². The summed E-state index contributed by atoms with van der Waals surface area (Å²) in [6, 6.07) is 0. The Bertz CT molecular complexity index is 391. The van der Waals surface area contributed by atoms with Gasteiger partial charge in [-0.1, -0.05) is 20.3 Å². The second-order valence-electron chi connectivity index (χ2n) is 7.92. The van der Waals surface area contributed by atoms with E-state index in [0.717, 1.165) is 49.9 Å². The van der Waals surface area contributed by atoms with Crippen molar-refractivity contribution in [3.05, 3.63) is 0 Å². The lowest BCUT2D eigenvalue weighted by atomic mass is 9.48. The molecular formula is C18H28O3. The molecule has 3 nitrogen and oxygen atoms in total. The molecule has 3 heteroatoms. The molecule has 0 spiro atoms. The topological polar surface area (TPSA) is 43.4 Å². The molecule has 4 aliphatic carbocycles. The summed E-state index contributed by atoms with van der Waals surface area (Å²) in [5.41, 5.74) is -0.136. The number of hydrogen-bond acceptors (Lipinski definition) is 3. The van der Waals surface area contributed by atoms with E-state index in [1.165, 1.54) is 19.3 Å². The Kier molecular flexibility index (Phi) is 4.11. The fourth-order valence-electron chi connectivity index (χ4n) is 5.44. The van der Waals surface area contributed by atoms with Crippen molar-refractivity contribution in [1.29, 1.82) is 0 Å². The first-order chi connectivity index (χ1) is 10.0. The van der Waals surface area contributed by atoms with E-state index in [0.29, 0.717) is 0 Å². The quantitative estimate of drug-likeness (QED) is 0.700. The van der Waals surface area contributed by atoms with E-state index in [1.54, 1.807) is 0 Å². The number of ketones is 1. The van der Waals surface area contributed by atoms with Crippen LogP contribution < -0.4 is 0 Å². The van der Waals surface area contributed by atoms with Crippen LogP contribution in [-0.4, -0.2) is 18.4 Å². The summed E-state index contributed by atoms with van der Waals surface area (Å²) in [7, 11) is 0. The summed E-state index contributed by atoms with van der Waals surface area (Å²) >= 11 is 0. The number of carbonyl (C=O) groups is 2. The second kappa shape index (κ2) is 5.73. The van der Waals surface area contributed by atoms with E-state index in [9.17, 15) is 9.59 Å². The summed E-state index contributed by atoms with van der Waals surface area (Å²) in [5, 5.41) is 0. The van der Waals surface area contributed by atoms with Gasteiger partial charge >= 0.3 is 5.97 Å². The zero-order valence-corrected chi connectivity index (χ0v) is 13.4. The smallest absolute Gasteiger partial charge is 0.309 e. The van der Waals surface area contributed by atoms with Crippen LogP contribution in [-0.2, 0) is 14.3 Å². The van der Waals surface area contributed by atoms with Crippen molar-refractivity contribution < 1.29 is 14.3 Å². The number of ether oxygens (including phenoxy) is 1. The first-order valence-corrected chi connectivity index (χ1v) is 8.72. The average Bonchev–Trinajstić information content (AvgIpc) is 2.43. The van der Waals surface area contributed by atoms with Gasteiger partial charge in [-0.15, -0.1) is 0 Å². The zero-order valence-electron chi connectivity index (χ0n) is 13.4. The standard InChI is InChI=1S/C18H28O3/c1-3-4-12(2)17(20)21-11-16(19)18-8-13-5-14(9-18)7-15(6-13)10-18/h12-15H,3-11H2,1-2H3/t12-,13?,14?,15?,18?/m0/s1. The predicted octanol–water partition coefficient (Wildman–Crippen LogP) is 3.75. The minimum atomic E-state index is -0.199. The highest BCUT2D eigenvalue weighted by Crippen LogP contribution is 2.60. The Morgan fingerprint density at radius 2 is 1.62 bits per heavy atom. The second-order valence-corrected chi connectivity index (χ2v) is 7.92. The molecule has 4 saturated carbocycles. The molecule has 0 aromatic carbocycles. The van der Waals surface area contributed by atoms with Gasteiger partial charge in [0.15, 0.2) is 12.4 Å². The van der Waals surface area contributed by atoms with Crippen molar-refractivity contribution in [1.82, 2.24) is 0 Å². The van der Waals surface area contributed by atoms with Crippen LogP contribution in [0.5, 0.6) is 0 Å². The van der Waals surface area contributed by atoms with Gasteiger partial charge in [-0.3, -0.25) is 9.59 Å². The minimum Gasteiger partial charge on any atom is -0.457 e. The molecule has 4 aliphatic rings. The maximum atomic E-state index is 12.7. The van der Waals surface area contributed by atoms with E-state index in [2.05, 4.69) is 6.92 Å². The van der Waals surface area contributed by atoms with Crippen LogP contribution >= 0.6 is 0 Å². The monoisotopic (exact) mass is 292 g/mol. The van der Waals surface area contributed by atoms with Gasteiger partial charge in [0.1, 0.15) is 0 Å². The van der Waals surface area contributed by atoms with Crippen LogP contribution in [0.25, 0.3) is 0 Å². The highest BCUT2D eigenvalue weighted by Gasteiger charge is 2.54. The maximum absolute atomic E-state index is 12.7. The number of carbonyl (C=O) groups excluding carboxylic acids is 2. The van der Waals surface area contributed by atoms with Gasteiger partial charge < -0.3 is 4.74 Å². The van der Waals surface area contributed by atoms with Crippen LogP contribution in [0, 0.1) is 29.1 Å². The van der Waals surface area contributed by atoms with Gasteiger partial charge in [0.25, 0.3) is 0 Å². The molecule has 0 unspecified atom stereocenters. The molecule has 0 aliphatic heterocycles.